The summed E-state index contributed by atoms with van der Waals surface area (Å²) < 4.78 is 0. The summed E-state index contributed by atoms with van der Waals surface area (Å²) in [6.45, 7) is 1.94. The molecule has 0 bridgehead atoms. The third-order valence-corrected chi connectivity index (χ3v) is 6.36. The van der Waals surface area contributed by atoms with E-state index in [1.165, 1.54) is 10.9 Å². The number of pyridine rings is 1. The van der Waals surface area contributed by atoms with Crippen LogP contribution in [0.1, 0.15) is 24.0 Å². The molecule has 33 heavy (non-hydrogen) atoms. The predicted octanol–water partition coefficient (Wildman–Crippen LogP) is 7.31. The van der Waals surface area contributed by atoms with Crippen LogP contribution in [0, 0.1) is 6.92 Å². The maximum atomic E-state index is 12.5. The number of aromatic amines is 1. The lowest BCUT2D eigenvalue weighted by atomic mass is 10.0. The number of halogens is 1. The fraction of sp³-hybridized carbons (Fsp3) is 0.143. The molecule has 5 rings (SSSR count). The van der Waals surface area contributed by atoms with Crippen LogP contribution in [0.3, 0.4) is 0 Å². The Bertz CT molecular complexity index is 1470. The van der Waals surface area contributed by atoms with Crippen molar-refractivity contribution in [2.45, 2.75) is 26.2 Å². The van der Waals surface area contributed by atoms with Crippen molar-refractivity contribution in [3.63, 3.8) is 0 Å². The molecular formula is C28H24ClN3O. The first-order chi connectivity index (χ1) is 16.1. The lowest BCUT2D eigenvalue weighted by Gasteiger charge is -2.08. The largest absolute Gasteiger partial charge is 0.353 e. The van der Waals surface area contributed by atoms with Crippen LogP contribution in [0.2, 0.25) is 5.02 Å². The minimum Gasteiger partial charge on any atom is -0.353 e. The minimum absolute atomic E-state index is 0.0138. The molecule has 0 saturated heterocycles. The van der Waals surface area contributed by atoms with E-state index in [1.807, 2.05) is 49.4 Å². The van der Waals surface area contributed by atoms with Crippen molar-refractivity contribution in [1.82, 2.24) is 9.97 Å². The van der Waals surface area contributed by atoms with E-state index in [1.54, 1.807) is 6.07 Å². The summed E-state index contributed by atoms with van der Waals surface area (Å²) >= 11 is 6.18. The summed E-state index contributed by atoms with van der Waals surface area (Å²) in [5.74, 6) is -0.0138. The molecular weight excluding hydrogens is 430 g/mol. The second-order valence-corrected chi connectivity index (χ2v) is 8.69. The van der Waals surface area contributed by atoms with Crippen molar-refractivity contribution in [3.05, 3.63) is 95.0 Å². The number of carbonyl (C=O) groups is 1. The summed E-state index contributed by atoms with van der Waals surface area (Å²) in [7, 11) is 0. The number of hydrogen-bond acceptors (Lipinski definition) is 2. The van der Waals surface area contributed by atoms with Crippen molar-refractivity contribution in [2.24, 2.45) is 0 Å². The van der Waals surface area contributed by atoms with Crippen LogP contribution < -0.4 is 5.32 Å². The quantitative estimate of drug-likeness (QED) is 0.283. The summed E-state index contributed by atoms with van der Waals surface area (Å²) in [5.41, 5.74) is 6.89. The highest BCUT2D eigenvalue weighted by molar-refractivity contribution is 6.31. The fourth-order valence-corrected chi connectivity index (χ4v) is 4.38. The Morgan fingerprint density at radius 1 is 1.00 bits per heavy atom. The molecule has 2 aromatic heterocycles. The molecule has 5 heteroatoms. The summed E-state index contributed by atoms with van der Waals surface area (Å²) in [5, 5.41) is 5.89. The van der Waals surface area contributed by atoms with E-state index in [9.17, 15) is 4.79 Å². The third-order valence-electron chi connectivity index (χ3n) is 5.95. The lowest BCUT2D eigenvalue weighted by molar-refractivity contribution is -0.116. The summed E-state index contributed by atoms with van der Waals surface area (Å²) in [6, 6.07) is 26.1. The molecule has 0 aliphatic carbocycles. The van der Waals surface area contributed by atoms with E-state index in [4.69, 9.17) is 16.6 Å². The Morgan fingerprint density at radius 2 is 1.82 bits per heavy atom. The van der Waals surface area contributed by atoms with Gasteiger partial charge in [0.2, 0.25) is 5.91 Å². The van der Waals surface area contributed by atoms with Gasteiger partial charge >= 0.3 is 0 Å². The van der Waals surface area contributed by atoms with Gasteiger partial charge in [-0.25, -0.2) is 4.98 Å². The Kier molecular flexibility index (Phi) is 5.84. The van der Waals surface area contributed by atoms with Crippen LogP contribution in [0.4, 0.5) is 5.69 Å². The maximum absolute atomic E-state index is 12.5. The number of nitrogens with zero attached hydrogens (tertiary/aromatic N) is 1. The number of carbonyl (C=O) groups excluding carboxylic acids is 1. The first-order valence-corrected chi connectivity index (χ1v) is 11.5. The van der Waals surface area contributed by atoms with Gasteiger partial charge in [0.15, 0.2) is 0 Å². The summed E-state index contributed by atoms with van der Waals surface area (Å²) in [4.78, 5) is 21.0. The van der Waals surface area contributed by atoms with E-state index in [-0.39, 0.29) is 5.91 Å². The van der Waals surface area contributed by atoms with Crippen molar-refractivity contribution in [2.75, 3.05) is 5.32 Å². The normalized spacial score (nSPS) is 11.2. The average Bonchev–Trinajstić information content (AvgIpc) is 3.20. The highest BCUT2D eigenvalue weighted by Gasteiger charge is 2.15. The number of H-pyrrole nitrogens is 1. The molecule has 0 spiro atoms. The van der Waals surface area contributed by atoms with E-state index in [0.717, 1.165) is 51.9 Å². The zero-order valence-electron chi connectivity index (χ0n) is 18.4. The lowest BCUT2D eigenvalue weighted by Crippen LogP contribution is -2.11. The predicted molar refractivity (Wildman–Crippen MR) is 137 cm³/mol. The van der Waals surface area contributed by atoms with Crippen LogP contribution in [-0.4, -0.2) is 15.9 Å². The number of benzene rings is 3. The van der Waals surface area contributed by atoms with Crippen LogP contribution >= 0.6 is 11.6 Å². The summed E-state index contributed by atoms with van der Waals surface area (Å²) in [6.07, 6.45) is 1.93. The molecule has 164 valence electrons. The second-order valence-electron chi connectivity index (χ2n) is 8.28. The van der Waals surface area contributed by atoms with E-state index in [0.29, 0.717) is 11.4 Å². The topological polar surface area (TPSA) is 57.8 Å². The highest BCUT2D eigenvalue weighted by Crippen LogP contribution is 2.31. The van der Waals surface area contributed by atoms with Gasteiger partial charge in [0.05, 0.1) is 16.9 Å². The molecule has 2 N–H and O–H groups in total. The number of hydrogen-bond donors (Lipinski definition) is 2. The van der Waals surface area contributed by atoms with Crippen molar-refractivity contribution < 1.29 is 4.79 Å². The molecule has 0 saturated carbocycles. The molecule has 3 aromatic carbocycles. The molecule has 0 atom stereocenters. The Balaban J connectivity index is 1.37. The Labute approximate surface area is 197 Å². The number of nitrogens with one attached hydrogen (secondary N) is 2. The molecule has 0 aliphatic rings. The molecule has 5 aromatic rings. The highest BCUT2D eigenvalue weighted by atomic mass is 35.5. The number of aromatic nitrogens is 2. The van der Waals surface area contributed by atoms with Crippen LogP contribution in [0.15, 0.2) is 78.9 Å². The average molecular weight is 454 g/mol. The van der Waals surface area contributed by atoms with Gasteiger partial charge in [-0.2, -0.15) is 0 Å². The third kappa shape index (κ3) is 4.48. The molecule has 1 amide bonds. The standard InChI is InChI=1S/C28H24ClN3O/c1-18-13-15-20(17-23(18)29)30-27(33)12-6-9-22-21-8-3-5-11-25(21)32-28(22)26-16-14-19-7-2-4-10-24(19)31-26/h2-5,7-8,10-11,13-17,32H,6,9,12H2,1H3,(H,30,33). The number of amides is 1. The number of anilines is 1. The van der Waals surface area contributed by atoms with Gasteiger partial charge < -0.3 is 10.3 Å². The Hall–Kier alpha value is -3.63. The van der Waals surface area contributed by atoms with Gasteiger partial charge in [-0.05, 0) is 61.2 Å². The molecule has 0 radical (unpaired) electrons. The smallest absolute Gasteiger partial charge is 0.224 e. The number of fused-ring (bicyclic) bond motifs is 2. The number of para-hydroxylation sites is 2. The SMILES string of the molecule is Cc1ccc(NC(=O)CCCc2c(-c3ccc4ccccc4n3)[nH]c3ccccc23)cc1Cl. The Morgan fingerprint density at radius 3 is 2.70 bits per heavy atom. The first kappa shape index (κ1) is 21.2. The van der Waals surface area contributed by atoms with E-state index in [2.05, 4.69) is 40.6 Å². The monoisotopic (exact) mass is 453 g/mol. The molecule has 4 nitrogen and oxygen atoms in total. The van der Waals surface area contributed by atoms with Crippen LogP contribution in [-0.2, 0) is 11.2 Å². The maximum Gasteiger partial charge on any atom is 0.224 e. The molecule has 2 heterocycles. The van der Waals surface area contributed by atoms with E-state index >= 15 is 0 Å². The number of aryl methyl sites for hydroxylation is 2. The first-order valence-electron chi connectivity index (χ1n) is 11.1. The van der Waals surface area contributed by atoms with Gasteiger partial charge in [-0.1, -0.05) is 60.1 Å². The van der Waals surface area contributed by atoms with Crippen molar-refractivity contribution >= 4 is 45.0 Å². The van der Waals surface area contributed by atoms with E-state index < -0.39 is 0 Å². The van der Waals surface area contributed by atoms with Crippen LogP contribution in [0.25, 0.3) is 33.2 Å². The van der Waals surface area contributed by atoms with Crippen molar-refractivity contribution in [3.8, 4) is 11.4 Å². The van der Waals surface area contributed by atoms with Gasteiger partial charge in [0, 0.05) is 33.4 Å². The van der Waals surface area contributed by atoms with Crippen molar-refractivity contribution in [1.29, 1.82) is 0 Å². The molecule has 0 fully saturated rings. The zero-order valence-corrected chi connectivity index (χ0v) is 19.1. The van der Waals surface area contributed by atoms with Gasteiger partial charge in [0.25, 0.3) is 0 Å². The minimum atomic E-state index is -0.0138. The van der Waals surface area contributed by atoms with Gasteiger partial charge in [-0.15, -0.1) is 0 Å². The zero-order chi connectivity index (χ0) is 22.8. The number of rotatable bonds is 6. The van der Waals surface area contributed by atoms with Crippen LogP contribution in [0.5, 0.6) is 0 Å². The fourth-order valence-electron chi connectivity index (χ4n) is 4.20. The van der Waals surface area contributed by atoms with Gasteiger partial charge in [-0.3, -0.25) is 4.79 Å². The molecule has 0 unspecified atom stereocenters. The second kappa shape index (κ2) is 9.08. The molecule has 0 aliphatic heterocycles. The van der Waals surface area contributed by atoms with Gasteiger partial charge in [0.1, 0.15) is 0 Å².